The number of rotatable bonds is 0. The molecule has 2 saturated carbocycles. The molecule has 0 bridgehead atoms. The maximum atomic E-state index is 2.32. The number of fused-ring (bicyclic) bond motifs is 1. The lowest BCUT2D eigenvalue weighted by molar-refractivity contribution is 0.599. The van der Waals surface area contributed by atoms with Crippen LogP contribution < -0.4 is 0 Å². The van der Waals surface area contributed by atoms with Gasteiger partial charge in [-0.15, -0.1) is 0 Å². The van der Waals surface area contributed by atoms with Crippen molar-refractivity contribution in [1.82, 2.24) is 0 Å². The van der Waals surface area contributed by atoms with Crippen molar-refractivity contribution >= 4 is 0 Å². The molecule has 0 aromatic carbocycles. The van der Waals surface area contributed by atoms with Gasteiger partial charge in [0, 0.05) is 0 Å². The molecular formula is C13H16. The van der Waals surface area contributed by atoms with Crippen molar-refractivity contribution in [3.05, 3.63) is 49.4 Å². The molecule has 1 unspecified atom stereocenters. The molecule has 0 aromatic heterocycles. The van der Waals surface area contributed by atoms with Crippen LogP contribution in [0, 0.1) is 55.3 Å². The quantitative estimate of drug-likeness (QED) is 0.526. The molecule has 0 aliphatic heterocycles. The van der Waals surface area contributed by atoms with E-state index in [9.17, 15) is 0 Å². The molecular weight excluding hydrogens is 156 g/mol. The van der Waals surface area contributed by atoms with Crippen LogP contribution in [0.1, 0.15) is 27.2 Å². The smallest absolute Gasteiger partial charge is 0.00629 e. The molecule has 2 aliphatic carbocycles. The summed E-state index contributed by atoms with van der Waals surface area (Å²) in [6, 6.07) is 0. The normalized spacial score (nSPS) is 34.8. The van der Waals surface area contributed by atoms with Crippen LogP contribution in [0.5, 0.6) is 0 Å². The minimum absolute atomic E-state index is 0.679. The predicted molar refractivity (Wildman–Crippen MR) is 55.3 cm³/mol. The van der Waals surface area contributed by atoms with Gasteiger partial charge in [-0.2, -0.15) is 0 Å². The second-order valence-corrected chi connectivity index (χ2v) is 4.17. The van der Waals surface area contributed by atoms with Crippen LogP contribution in [0.4, 0.5) is 0 Å². The molecule has 1 atom stereocenters. The lowest BCUT2D eigenvalue weighted by atomic mass is 9.80. The van der Waals surface area contributed by atoms with Crippen LogP contribution in [0.25, 0.3) is 0 Å². The fourth-order valence-corrected chi connectivity index (χ4v) is 2.32. The summed E-state index contributed by atoms with van der Waals surface area (Å²) in [5.41, 5.74) is 0. The summed E-state index contributed by atoms with van der Waals surface area (Å²) in [7, 11) is 0. The van der Waals surface area contributed by atoms with Gasteiger partial charge in [-0.05, 0) is 61.7 Å². The summed E-state index contributed by atoms with van der Waals surface area (Å²) in [4.78, 5) is 0. The average molecular weight is 172 g/mol. The van der Waals surface area contributed by atoms with Crippen LogP contribution in [0.15, 0.2) is 0 Å². The molecule has 13 heavy (non-hydrogen) atoms. The van der Waals surface area contributed by atoms with E-state index < -0.39 is 0 Å². The molecule has 2 aliphatic rings. The van der Waals surface area contributed by atoms with E-state index in [1.54, 1.807) is 0 Å². The zero-order chi connectivity index (χ0) is 9.42. The van der Waals surface area contributed by atoms with E-state index in [4.69, 9.17) is 0 Å². The third kappa shape index (κ3) is 1.78. The van der Waals surface area contributed by atoms with Gasteiger partial charge in [0.25, 0.3) is 0 Å². The summed E-state index contributed by atoms with van der Waals surface area (Å²) < 4.78 is 0. The van der Waals surface area contributed by atoms with Gasteiger partial charge in [0.2, 0.25) is 0 Å². The van der Waals surface area contributed by atoms with E-state index in [-0.39, 0.29) is 0 Å². The molecule has 68 valence electrons. The SMILES string of the molecule is C[C]1[CH][C](C)[C]2[CH][CH][CH][C]2C(C)C1. The Kier molecular flexibility index (Phi) is 2.67. The molecule has 0 aromatic rings. The molecule has 2 fully saturated rings. The Morgan fingerprint density at radius 2 is 2.00 bits per heavy atom. The maximum absolute atomic E-state index is 2.32. The summed E-state index contributed by atoms with van der Waals surface area (Å²) in [5, 5.41) is 0. The van der Waals surface area contributed by atoms with Crippen molar-refractivity contribution in [2.24, 2.45) is 5.92 Å². The van der Waals surface area contributed by atoms with E-state index in [0.717, 1.165) is 0 Å². The van der Waals surface area contributed by atoms with Crippen LogP contribution in [-0.4, -0.2) is 0 Å². The first-order valence-corrected chi connectivity index (χ1v) is 4.95. The Labute approximate surface area is 83.1 Å². The van der Waals surface area contributed by atoms with Crippen molar-refractivity contribution < 1.29 is 0 Å². The van der Waals surface area contributed by atoms with Crippen LogP contribution in [-0.2, 0) is 0 Å². The molecule has 0 nitrogen and oxygen atoms in total. The summed E-state index contributed by atoms with van der Waals surface area (Å²) in [6.45, 7) is 6.75. The van der Waals surface area contributed by atoms with E-state index in [1.165, 1.54) is 30.1 Å². The number of hydrogen-bond donors (Lipinski definition) is 0. The average Bonchev–Trinajstić information content (AvgIpc) is 2.47. The standard InChI is InChI=1S/C13H16/c1-9-7-10(2)12-5-4-6-13(12)11(3)8-9/h4-7,11H,8H2,1-3H3. The third-order valence-electron chi connectivity index (χ3n) is 2.90. The molecule has 0 spiro atoms. The van der Waals surface area contributed by atoms with Gasteiger partial charge in [-0.1, -0.05) is 20.8 Å². The molecule has 0 heterocycles. The Bertz CT molecular complexity index is 155. The van der Waals surface area contributed by atoms with Crippen LogP contribution in [0.2, 0.25) is 0 Å². The highest BCUT2D eigenvalue weighted by Gasteiger charge is 2.40. The monoisotopic (exact) mass is 172 g/mol. The van der Waals surface area contributed by atoms with Gasteiger partial charge in [0.05, 0.1) is 0 Å². The van der Waals surface area contributed by atoms with E-state index >= 15 is 0 Å². The fraction of sp³-hybridized carbons (Fsp3) is 0.385. The van der Waals surface area contributed by atoms with Gasteiger partial charge in [0.1, 0.15) is 0 Å². The number of hydrogen-bond acceptors (Lipinski definition) is 0. The van der Waals surface area contributed by atoms with Gasteiger partial charge in [-0.25, -0.2) is 0 Å². The van der Waals surface area contributed by atoms with Crippen molar-refractivity contribution in [3.8, 4) is 0 Å². The van der Waals surface area contributed by atoms with Crippen LogP contribution >= 0.6 is 0 Å². The highest BCUT2D eigenvalue weighted by atomic mass is 14.4. The van der Waals surface area contributed by atoms with Gasteiger partial charge < -0.3 is 0 Å². The first kappa shape index (κ1) is 9.55. The molecule has 8 radical (unpaired) electrons. The Balaban J connectivity index is 2.12. The summed E-state index contributed by atoms with van der Waals surface area (Å²) in [6.07, 6.45) is 10.2. The highest BCUT2D eigenvalue weighted by Crippen LogP contribution is 2.50. The van der Waals surface area contributed by atoms with E-state index in [2.05, 4.69) is 46.5 Å². The lowest BCUT2D eigenvalue weighted by Gasteiger charge is -2.23. The highest BCUT2D eigenvalue weighted by molar-refractivity contribution is 5.56. The van der Waals surface area contributed by atoms with E-state index in [0.29, 0.717) is 5.92 Å². The lowest BCUT2D eigenvalue weighted by Crippen LogP contribution is -2.14. The summed E-state index contributed by atoms with van der Waals surface area (Å²) in [5.74, 6) is 6.57. The molecule has 0 heteroatoms. The zero-order valence-electron chi connectivity index (χ0n) is 8.59. The minimum Gasteiger partial charge on any atom is -0.0619 e. The molecule has 2 rings (SSSR count). The van der Waals surface area contributed by atoms with Gasteiger partial charge in [0.15, 0.2) is 0 Å². The molecule has 0 amide bonds. The second-order valence-electron chi connectivity index (χ2n) is 4.17. The third-order valence-corrected chi connectivity index (χ3v) is 2.90. The van der Waals surface area contributed by atoms with Crippen molar-refractivity contribution in [2.45, 2.75) is 27.2 Å². The van der Waals surface area contributed by atoms with Crippen molar-refractivity contribution in [3.63, 3.8) is 0 Å². The Hall–Kier alpha value is 0. The summed E-state index contributed by atoms with van der Waals surface area (Å²) >= 11 is 0. The Morgan fingerprint density at radius 3 is 2.77 bits per heavy atom. The van der Waals surface area contributed by atoms with Gasteiger partial charge >= 0.3 is 0 Å². The van der Waals surface area contributed by atoms with Crippen molar-refractivity contribution in [2.75, 3.05) is 0 Å². The largest absolute Gasteiger partial charge is 0.0619 e. The maximum Gasteiger partial charge on any atom is -0.00629 e. The zero-order valence-corrected chi connectivity index (χ0v) is 8.59. The minimum atomic E-state index is 0.679. The van der Waals surface area contributed by atoms with Gasteiger partial charge in [-0.3, -0.25) is 0 Å². The first-order valence-electron chi connectivity index (χ1n) is 4.95. The Morgan fingerprint density at radius 1 is 1.23 bits per heavy atom. The van der Waals surface area contributed by atoms with Crippen LogP contribution in [0.3, 0.4) is 0 Å². The topological polar surface area (TPSA) is 0 Å². The second kappa shape index (κ2) is 3.63. The first-order chi connectivity index (χ1) is 6.18. The predicted octanol–water partition coefficient (Wildman–Crippen LogP) is 3.19. The molecule has 0 saturated heterocycles. The van der Waals surface area contributed by atoms with Crippen molar-refractivity contribution in [1.29, 1.82) is 0 Å². The molecule has 0 N–H and O–H groups in total. The van der Waals surface area contributed by atoms with E-state index in [1.807, 2.05) is 0 Å². The fourth-order valence-electron chi connectivity index (χ4n) is 2.32.